The number of hydrogen-bond donors (Lipinski definition) is 0. The van der Waals surface area contributed by atoms with Crippen molar-refractivity contribution in [2.45, 2.75) is 17.7 Å². The third-order valence-corrected chi connectivity index (χ3v) is 6.30. The van der Waals surface area contributed by atoms with Crippen molar-refractivity contribution < 1.29 is 13.2 Å². The van der Waals surface area contributed by atoms with Gasteiger partial charge in [0.05, 0.1) is 4.90 Å². The first-order valence-electron chi connectivity index (χ1n) is 8.05. The number of benzene rings is 2. The smallest absolute Gasteiger partial charge is 0.243 e. The molecule has 1 heterocycles. The second-order valence-corrected chi connectivity index (χ2v) is 8.26. The Morgan fingerprint density at radius 3 is 2.16 bits per heavy atom. The quantitative estimate of drug-likeness (QED) is 0.585. The molecule has 1 fully saturated rings. The number of sulfonamides is 1. The molecule has 0 N–H and O–H groups in total. The van der Waals surface area contributed by atoms with Gasteiger partial charge in [0, 0.05) is 23.7 Å². The van der Waals surface area contributed by atoms with E-state index < -0.39 is 10.0 Å². The standard InChI is InChI=1S/C19H18ClNO3S/c20-17-8-3-15(4-9-17)5-12-19(22)16-6-10-18(11-7-16)25(23,24)21-13-1-2-14-21/h3-12H,1-2,13-14H2/b12-5+. The van der Waals surface area contributed by atoms with Crippen LogP contribution in [0.1, 0.15) is 28.8 Å². The van der Waals surface area contributed by atoms with Gasteiger partial charge in [0.25, 0.3) is 0 Å². The Morgan fingerprint density at radius 2 is 1.56 bits per heavy atom. The number of rotatable bonds is 5. The lowest BCUT2D eigenvalue weighted by molar-refractivity contribution is 0.104. The average molecular weight is 376 g/mol. The van der Waals surface area contributed by atoms with Gasteiger partial charge >= 0.3 is 0 Å². The van der Waals surface area contributed by atoms with Gasteiger partial charge in [-0.3, -0.25) is 4.79 Å². The van der Waals surface area contributed by atoms with E-state index in [1.807, 2.05) is 12.1 Å². The van der Waals surface area contributed by atoms with Crippen LogP contribution in [0.3, 0.4) is 0 Å². The highest BCUT2D eigenvalue weighted by Crippen LogP contribution is 2.21. The summed E-state index contributed by atoms with van der Waals surface area (Å²) in [5, 5.41) is 0.637. The van der Waals surface area contributed by atoms with Gasteiger partial charge in [0.15, 0.2) is 5.78 Å². The predicted molar refractivity (Wildman–Crippen MR) is 99.3 cm³/mol. The zero-order valence-corrected chi connectivity index (χ0v) is 15.1. The minimum atomic E-state index is -3.45. The third kappa shape index (κ3) is 4.18. The number of hydrogen-bond acceptors (Lipinski definition) is 3. The lowest BCUT2D eigenvalue weighted by atomic mass is 10.1. The lowest BCUT2D eigenvalue weighted by Crippen LogP contribution is -2.27. The molecule has 0 bridgehead atoms. The molecule has 0 radical (unpaired) electrons. The highest BCUT2D eigenvalue weighted by Gasteiger charge is 2.26. The van der Waals surface area contributed by atoms with Gasteiger partial charge in [-0.05, 0) is 60.9 Å². The highest BCUT2D eigenvalue weighted by molar-refractivity contribution is 7.89. The van der Waals surface area contributed by atoms with Crippen LogP contribution in [0, 0.1) is 0 Å². The van der Waals surface area contributed by atoms with Gasteiger partial charge in [-0.2, -0.15) is 4.31 Å². The van der Waals surface area contributed by atoms with Crippen molar-refractivity contribution in [1.29, 1.82) is 0 Å². The zero-order chi connectivity index (χ0) is 17.9. The second-order valence-electron chi connectivity index (χ2n) is 5.88. The van der Waals surface area contributed by atoms with Crippen LogP contribution in [-0.2, 0) is 10.0 Å². The maximum atomic E-state index is 12.5. The Kier molecular flexibility index (Phi) is 5.37. The molecule has 0 atom stereocenters. The predicted octanol–water partition coefficient (Wildman–Crippen LogP) is 4.02. The molecule has 1 aliphatic rings. The summed E-state index contributed by atoms with van der Waals surface area (Å²) in [5.74, 6) is -0.180. The molecule has 1 saturated heterocycles. The maximum absolute atomic E-state index is 12.5. The van der Waals surface area contributed by atoms with Crippen molar-refractivity contribution in [3.8, 4) is 0 Å². The van der Waals surface area contributed by atoms with Crippen LogP contribution in [0.2, 0.25) is 5.02 Å². The molecular formula is C19H18ClNO3S. The third-order valence-electron chi connectivity index (χ3n) is 4.14. The van der Waals surface area contributed by atoms with Crippen LogP contribution >= 0.6 is 11.6 Å². The summed E-state index contributed by atoms with van der Waals surface area (Å²) in [7, 11) is -3.45. The Balaban J connectivity index is 1.73. The second kappa shape index (κ2) is 7.52. The fraction of sp³-hybridized carbons (Fsp3) is 0.211. The molecule has 2 aromatic carbocycles. The molecule has 0 aliphatic carbocycles. The number of carbonyl (C=O) groups is 1. The molecule has 0 aromatic heterocycles. The first kappa shape index (κ1) is 17.9. The van der Waals surface area contributed by atoms with Crippen molar-refractivity contribution in [3.05, 3.63) is 70.8 Å². The van der Waals surface area contributed by atoms with Gasteiger partial charge in [0.2, 0.25) is 10.0 Å². The van der Waals surface area contributed by atoms with E-state index in [1.165, 1.54) is 22.5 Å². The zero-order valence-electron chi connectivity index (χ0n) is 13.6. The van der Waals surface area contributed by atoms with Gasteiger partial charge in [-0.25, -0.2) is 8.42 Å². The normalized spacial score (nSPS) is 15.7. The largest absolute Gasteiger partial charge is 0.289 e. The van der Waals surface area contributed by atoms with E-state index in [1.54, 1.807) is 30.3 Å². The topological polar surface area (TPSA) is 54.5 Å². The Labute approximate surface area is 152 Å². The van der Waals surface area contributed by atoms with Crippen molar-refractivity contribution in [1.82, 2.24) is 4.31 Å². The van der Waals surface area contributed by atoms with Crippen LogP contribution in [0.15, 0.2) is 59.5 Å². The molecule has 4 nitrogen and oxygen atoms in total. The van der Waals surface area contributed by atoms with Gasteiger partial charge in [0.1, 0.15) is 0 Å². The molecule has 0 spiro atoms. The fourth-order valence-electron chi connectivity index (χ4n) is 2.71. The Hall–Kier alpha value is -1.95. The molecule has 0 saturated carbocycles. The Bertz CT molecular complexity index is 881. The van der Waals surface area contributed by atoms with Crippen molar-refractivity contribution >= 4 is 33.5 Å². The molecule has 130 valence electrons. The van der Waals surface area contributed by atoms with Crippen molar-refractivity contribution in [2.75, 3.05) is 13.1 Å². The molecule has 1 aliphatic heterocycles. The van der Waals surface area contributed by atoms with Crippen molar-refractivity contribution in [2.24, 2.45) is 0 Å². The van der Waals surface area contributed by atoms with Crippen LogP contribution in [0.5, 0.6) is 0 Å². The van der Waals surface area contributed by atoms with Crippen LogP contribution in [0.25, 0.3) is 6.08 Å². The molecular weight excluding hydrogens is 358 g/mol. The van der Waals surface area contributed by atoms with Gasteiger partial charge in [-0.1, -0.05) is 29.8 Å². The van der Waals surface area contributed by atoms with E-state index in [9.17, 15) is 13.2 Å². The number of allylic oxidation sites excluding steroid dienone is 1. The van der Waals surface area contributed by atoms with E-state index in [2.05, 4.69) is 0 Å². The van der Waals surface area contributed by atoms with E-state index in [0.717, 1.165) is 18.4 Å². The number of carbonyl (C=O) groups excluding carboxylic acids is 1. The molecule has 0 unspecified atom stereocenters. The molecule has 6 heteroatoms. The van der Waals surface area contributed by atoms with Gasteiger partial charge < -0.3 is 0 Å². The molecule has 25 heavy (non-hydrogen) atoms. The van der Waals surface area contributed by atoms with Crippen molar-refractivity contribution in [3.63, 3.8) is 0 Å². The molecule has 2 aromatic rings. The highest BCUT2D eigenvalue weighted by atomic mass is 35.5. The van der Waals surface area contributed by atoms with E-state index >= 15 is 0 Å². The lowest BCUT2D eigenvalue weighted by Gasteiger charge is -2.15. The summed E-state index contributed by atoms with van der Waals surface area (Å²) in [5.41, 5.74) is 1.32. The fourth-order valence-corrected chi connectivity index (χ4v) is 4.35. The number of ketones is 1. The summed E-state index contributed by atoms with van der Waals surface area (Å²) in [4.78, 5) is 12.5. The summed E-state index contributed by atoms with van der Waals surface area (Å²) >= 11 is 5.83. The van der Waals surface area contributed by atoms with Crippen LogP contribution < -0.4 is 0 Å². The SMILES string of the molecule is O=C(/C=C/c1ccc(Cl)cc1)c1ccc(S(=O)(=O)N2CCCC2)cc1. The number of halogens is 1. The minimum absolute atomic E-state index is 0.180. The maximum Gasteiger partial charge on any atom is 0.243 e. The molecule has 3 rings (SSSR count). The minimum Gasteiger partial charge on any atom is -0.289 e. The van der Waals surface area contributed by atoms with Crippen LogP contribution in [0.4, 0.5) is 0 Å². The monoisotopic (exact) mass is 375 g/mol. The van der Waals surface area contributed by atoms with Crippen LogP contribution in [-0.4, -0.2) is 31.6 Å². The summed E-state index contributed by atoms with van der Waals surface area (Å²) in [6, 6.07) is 13.2. The van der Waals surface area contributed by atoms with Gasteiger partial charge in [-0.15, -0.1) is 0 Å². The summed E-state index contributed by atoms with van der Waals surface area (Å²) < 4.78 is 26.4. The average Bonchev–Trinajstić information content (AvgIpc) is 3.16. The number of nitrogens with zero attached hydrogens (tertiary/aromatic N) is 1. The van der Waals surface area contributed by atoms with E-state index in [4.69, 9.17) is 11.6 Å². The summed E-state index contributed by atoms with van der Waals surface area (Å²) in [6.07, 6.45) is 4.96. The first-order chi connectivity index (χ1) is 12.0. The Morgan fingerprint density at radius 1 is 0.960 bits per heavy atom. The van der Waals surface area contributed by atoms with E-state index in [-0.39, 0.29) is 10.7 Å². The summed E-state index contributed by atoms with van der Waals surface area (Å²) in [6.45, 7) is 1.12. The van der Waals surface area contributed by atoms with E-state index in [0.29, 0.717) is 23.7 Å². The first-order valence-corrected chi connectivity index (χ1v) is 9.87. The molecule has 0 amide bonds.